The zero-order chi connectivity index (χ0) is 13.8. The van der Waals surface area contributed by atoms with Crippen molar-refractivity contribution in [1.29, 1.82) is 0 Å². The van der Waals surface area contributed by atoms with Gasteiger partial charge in [0.1, 0.15) is 11.6 Å². The van der Waals surface area contributed by atoms with Crippen molar-refractivity contribution >= 4 is 21.6 Å². The lowest BCUT2D eigenvalue weighted by molar-refractivity contribution is 0.414. The maximum Gasteiger partial charge on any atom is 0.126 e. The second-order valence-corrected chi connectivity index (χ2v) is 5.23. The summed E-state index contributed by atoms with van der Waals surface area (Å²) in [6.07, 6.45) is 0. The van der Waals surface area contributed by atoms with Gasteiger partial charge in [0, 0.05) is 22.8 Å². The maximum atomic E-state index is 13.2. The van der Waals surface area contributed by atoms with Gasteiger partial charge in [0.25, 0.3) is 0 Å². The van der Waals surface area contributed by atoms with E-state index in [1.807, 2.05) is 24.3 Å². The summed E-state index contributed by atoms with van der Waals surface area (Å²) in [4.78, 5) is 0. The zero-order valence-corrected chi connectivity index (χ0v) is 12.4. The minimum atomic E-state index is -0.173. The standard InChI is InChI=1S/C15H15BrFNO/c1-10-5-11(3-4-15(10)17)9-18-13-6-12(16)7-14(8-13)19-2/h3-8,18H,9H2,1-2H3. The van der Waals surface area contributed by atoms with Crippen molar-refractivity contribution in [3.63, 3.8) is 0 Å². The fourth-order valence-corrected chi connectivity index (χ4v) is 2.28. The summed E-state index contributed by atoms with van der Waals surface area (Å²) in [7, 11) is 1.63. The fourth-order valence-electron chi connectivity index (χ4n) is 1.80. The number of rotatable bonds is 4. The third-order valence-electron chi connectivity index (χ3n) is 2.83. The molecule has 0 saturated heterocycles. The van der Waals surface area contributed by atoms with E-state index in [2.05, 4.69) is 21.2 Å². The van der Waals surface area contributed by atoms with Gasteiger partial charge in [-0.15, -0.1) is 0 Å². The van der Waals surface area contributed by atoms with E-state index >= 15 is 0 Å². The SMILES string of the molecule is COc1cc(Br)cc(NCc2ccc(F)c(C)c2)c1. The van der Waals surface area contributed by atoms with Crippen LogP contribution in [0, 0.1) is 12.7 Å². The topological polar surface area (TPSA) is 21.3 Å². The first-order valence-corrected chi connectivity index (χ1v) is 6.71. The van der Waals surface area contributed by atoms with Crippen molar-refractivity contribution in [3.05, 3.63) is 57.8 Å². The molecule has 2 aromatic rings. The van der Waals surface area contributed by atoms with Crippen LogP contribution in [0.15, 0.2) is 40.9 Å². The van der Waals surface area contributed by atoms with Gasteiger partial charge in [0.15, 0.2) is 0 Å². The Kier molecular flexibility index (Phi) is 4.43. The Balaban J connectivity index is 2.09. The number of hydrogen-bond acceptors (Lipinski definition) is 2. The quantitative estimate of drug-likeness (QED) is 0.893. The van der Waals surface area contributed by atoms with Gasteiger partial charge in [0.05, 0.1) is 7.11 Å². The van der Waals surface area contributed by atoms with Crippen LogP contribution < -0.4 is 10.1 Å². The van der Waals surface area contributed by atoms with Gasteiger partial charge in [-0.25, -0.2) is 4.39 Å². The Hall–Kier alpha value is -1.55. The summed E-state index contributed by atoms with van der Waals surface area (Å²) in [6, 6.07) is 10.9. The van der Waals surface area contributed by atoms with Crippen molar-refractivity contribution < 1.29 is 9.13 Å². The van der Waals surface area contributed by atoms with Crippen LogP contribution in [0.25, 0.3) is 0 Å². The minimum absolute atomic E-state index is 0.173. The molecule has 0 atom stereocenters. The molecule has 0 bridgehead atoms. The van der Waals surface area contributed by atoms with Crippen molar-refractivity contribution in [3.8, 4) is 5.75 Å². The molecule has 0 saturated carbocycles. The summed E-state index contributed by atoms with van der Waals surface area (Å²) in [6.45, 7) is 2.40. The molecule has 0 aromatic heterocycles. The molecule has 1 N–H and O–H groups in total. The number of ether oxygens (including phenoxy) is 1. The monoisotopic (exact) mass is 323 g/mol. The average Bonchev–Trinajstić information content (AvgIpc) is 2.39. The number of nitrogens with one attached hydrogen (secondary N) is 1. The number of benzene rings is 2. The normalized spacial score (nSPS) is 10.3. The number of methoxy groups -OCH3 is 1. The van der Waals surface area contributed by atoms with Gasteiger partial charge in [-0.05, 0) is 36.2 Å². The van der Waals surface area contributed by atoms with Gasteiger partial charge in [-0.2, -0.15) is 0 Å². The first-order valence-electron chi connectivity index (χ1n) is 5.92. The Morgan fingerprint density at radius 2 is 2.00 bits per heavy atom. The lowest BCUT2D eigenvalue weighted by Gasteiger charge is -2.10. The van der Waals surface area contributed by atoms with Crippen LogP contribution in [0.1, 0.15) is 11.1 Å². The van der Waals surface area contributed by atoms with E-state index in [9.17, 15) is 4.39 Å². The molecule has 4 heteroatoms. The highest BCUT2D eigenvalue weighted by molar-refractivity contribution is 9.10. The lowest BCUT2D eigenvalue weighted by Crippen LogP contribution is -2.00. The van der Waals surface area contributed by atoms with Gasteiger partial charge in [-0.1, -0.05) is 28.1 Å². The maximum absolute atomic E-state index is 13.2. The predicted molar refractivity (Wildman–Crippen MR) is 79.2 cm³/mol. The zero-order valence-electron chi connectivity index (χ0n) is 10.8. The van der Waals surface area contributed by atoms with Gasteiger partial charge in [-0.3, -0.25) is 0 Å². The first-order chi connectivity index (χ1) is 9.08. The minimum Gasteiger partial charge on any atom is -0.497 e. The molecule has 0 spiro atoms. The van der Waals surface area contributed by atoms with Crippen LogP contribution in [-0.2, 0) is 6.54 Å². The molecule has 0 aliphatic carbocycles. The van der Waals surface area contributed by atoms with Crippen LogP contribution >= 0.6 is 15.9 Å². The number of anilines is 1. The smallest absolute Gasteiger partial charge is 0.126 e. The van der Waals surface area contributed by atoms with Crippen molar-refractivity contribution in [2.45, 2.75) is 13.5 Å². The second kappa shape index (κ2) is 6.06. The molecule has 100 valence electrons. The summed E-state index contributed by atoms with van der Waals surface area (Å²) in [5.41, 5.74) is 2.65. The number of hydrogen-bond donors (Lipinski definition) is 1. The molecule has 0 aliphatic heterocycles. The molecule has 19 heavy (non-hydrogen) atoms. The lowest BCUT2D eigenvalue weighted by atomic mass is 10.1. The van der Waals surface area contributed by atoms with Crippen LogP contribution in [0.3, 0.4) is 0 Å². The van der Waals surface area contributed by atoms with E-state index in [0.717, 1.165) is 21.5 Å². The van der Waals surface area contributed by atoms with E-state index in [-0.39, 0.29) is 5.82 Å². The molecular formula is C15H15BrFNO. The van der Waals surface area contributed by atoms with E-state index < -0.39 is 0 Å². The largest absolute Gasteiger partial charge is 0.497 e. The first kappa shape index (κ1) is 13.9. The van der Waals surface area contributed by atoms with Crippen molar-refractivity contribution in [2.75, 3.05) is 12.4 Å². The fraction of sp³-hybridized carbons (Fsp3) is 0.200. The summed E-state index contributed by atoms with van der Waals surface area (Å²) >= 11 is 3.43. The predicted octanol–water partition coefficient (Wildman–Crippen LogP) is 4.52. The van der Waals surface area contributed by atoms with Crippen LogP contribution in [0.2, 0.25) is 0 Å². The Morgan fingerprint density at radius 1 is 1.21 bits per heavy atom. The Bertz CT molecular complexity index is 586. The van der Waals surface area contributed by atoms with Crippen LogP contribution in [0.4, 0.5) is 10.1 Å². The molecule has 2 aromatic carbocycles. The molecule has 0 fully saturated rings. The van der Waals surface area contributed by atoms with Gasteiger partial charge < -0.3 is 10.1 Å². The second-order valence-electron chi connectivity index (χ2n) is 4.32. The number of aryl methyl sites for hydroxylation is 1. The molecule has 0 amide bonds. The molecule has 0 aliphatic rings. The van der Waals surface area contributed by atoms with E-state index in [1.165, 1.54) is 6.07 Å². The molecule has 2 nitrogen and oxygen atoms in total. The molecular weight excluding hydrogens is 309 g/mol. The highest BCUT2D eigenvalue weighted by Gasteiger charge is 2.02. The van der Waals surface area contributed by atoms with E-state index in [1.54, 1.807) is 20.1 Å². The molecule has 2 rings (SSSR count). The van der Waals surface area contributed by atoms with Crippen LogP contribution in [0.5, 0.6) is 5.75 Å². The summed E-state index contributed by atoms with van der Waals surface area (Å²) in [5.74, 6) is 0.611. The number of halogens is 2. The highest BCUT2D eigenvalue weighted by atomic mass is 79.9. The average molecular weight is 324 g/mol. The summed E-state index contributed by atoms with van der Waals surface area (Å²) < 4.78 is 19.3. The van der Waals surface area contributed by atoms with Crippen molar-refractivity contribution in [2.24, 2.45) is 0 Å². The molecule has 0 unspecified atom stereocenters. The third kappa shape index (κ3) is 3.70. The third-order valence-corrected chi connectivity index (χ3v) is 3.28. The highest BCUT2D eigenvalue weighted by Crippen LogP contribution is 2.25. The molecule has 0 heterocycles. The van der Waals surface area contributed by atoms with Crippen molar-refractivity contribution in [1.82, 2.24) is 0 Å². The molecule has 0 radical (unpaired) electrons. The van der Waals surface area contributed by atoms with E-state index in [0.29, 0.717) is 12.1 Å². The summed E-state index contributed by atoms with van der Waals surface area (Å²) in [5, 5.41) is 3.29. The Labute approximate surface area is 120 Å². The van der Waals surface area contributed by atoms with Gasteiger partial charge >= 0.3 is 0 Å². The Morgan fingerprint density at radius 3 is 2.68 bits per heavy atom. The van der Waals surface area contributed by atoms with Gasteiger partial charge in [0.2, 0.25) is 0 Å². The van der Waals surface area contributed by atoms with E-state index in [4.69, 9.17) is 4.74 Å². The van der Waals surface area contributed by atoms with Crippen LogP contribution in [-0.4, -0.2) is 7.11 Å².